The minimum Gasteiger partial charge on any atom is -0.462 e. The highest BCUT2D eigenvalue weighted by atomic mass is 35.5. The van der Waals surface area contributed by atoms with Gasteiger partial charge >= 0.3 is 6.03 Å². The number of urea groups is 1. The number of halogens is 1. The number of pyridine rings is 1. The first-order valence-electron chi connectivity index (χ1n) is 8.64. The molecule has 2 aromatic rings. The molecule has 6 N–H and O–H groups in total. The van der Waals surface area contributed by atoms with Crippen LogP contribution in [0.1, 0.15) is 0 Å². The van der Waals surface area contributed by atoms with Crippen LogP contribution < -0.4 is 15.4 Å². The molecule has 0 spiro atoms. The Bertz CT molecular complexity index is 836. The van der Waals surface area contributed by atoms with Gasteiger partial charge in [-0.1, -0.05) is 11.6 Å². The van der Waals surface area contributed by atoms with Crippen LogP contribution in [0.25, 0.3) is 0 Å². The molecule has 1 aromatic heterocycles. The summed E-state index contributed by atoms with van der Waals surface area (Å²) in [4.78, 5) is 15.9. The maximum Gasteiger partial charge on any atom is 0.323 e. The number of nitrogens with zero attached hydrogens (tertiary/aromatic N) is 1. The molecule has 0 bridgehead atoms. The lowest BCUT2D eigenvalue weighted by Gasteiger charge is -2.39. The second-order valence-electron chi connectivity index (χ2n) is 6.29. The molecule has 0 unspecified atom stereocenters. The van der Waals surface area contributed by atoms with Crippen LogP contribution in [0, 0.1) is 0 Å². The molecule has 2 heterocycles. The zero-order chi connectivity index (χ0) is 21.0. The number of hydrogen-bond donors (Lipinski definition) is 6. The van der Waals surface area contributed by atoms with Crippen LogP contribution in [0.5, 0.6) is 5.75 Å². The summed E-state index contributed by atoms with van der Waals surface area (Å²) < 4.78 is 10.8. The first kappa shape index (κ1) is 21.2. The predicted molar refractivity (Wildman–Crippen MR) is 103 cm³/mol. The SMILES string of the molecule is O=C(Nc1ccc(O[C@@H]2O[C@H](CO)[C@@H](O)[C@H](O)[C@H]2O)cc1)Nc1ccnc(Cl)c1. The van der Waals surface area contributed by atoms with E-state index in [-0.39, 0.29) is 10.9 Å². The van der Waals surface area contributed by atoms with E-state index in [1.54, 1.807) is 18.2 Å². The van der Waals surface area contributed by atoms with Crippen LogP contribution in [-0.2, 0) is 4.74 Å². The van der Waals surface area contributed by atoms with E-state index in [2.05, 4.69) is 15.6 Å². The molecule has 2 amide bonds. The standard InChI is InChI=1S/C18H20ClN3O7/c19-13-7-10(5-6-20-13)22-18(27)21-9-1-3-11(4-2-9)28-17-16(26)15(25)14(24)12(8-23)29-17/h1-7,12,14-17,23-26H,8H2,(H2,20,21,22,27)/t12-,14-,15+,16-,17-/m1/s1. The van der Waals surface area contributed by atoms with Crippen LogP contribution in [0.2, 0.25) is 5.15 Å². The molecular weight excluding hydrogens is 406 g/mol. The summed E-state index contributed by atoms with van der Waals surface area (Å²) in [5.74, 6) is 0.279. The molecule has 1 fully saturated rings. The van der Waals surface area contributed by atoms with Crippen LogP contribution in [-0.4, -0.2) is 68.8 Å². The fourth-order valence-electron chi connectivity index (χ4n) is 2.69. The van der Waals surface area contributed by atoms with Gasteiger partial charge in [0.2, 0.25) is 6.29 Å². The van der Waals surface area contributed by atoms with Crippen molar-refractivity contribution in [3.8, 4) is 5.75 Å². The Morgan fingerprint density at radius 1 is 1.07 bits per heavy atom. The molecule has 1 aliphatic rings. The monoisotopic (exact) mass is 425 g/mol. The Morgan fingerprint density at radius 2 is 1.76 bits per heavy atom. The number of aliphatic hydroxyl groups excluding tert-OH is 4. The number of carbonyl (C=O) groups excluding carboxylic acids is 1. The summed E-state index contributed by atoms with van der Waals surface area (Å²) in [6, 6.07) is 8.73. The van der Waals surface area contributed by atoms with E-state index in [9.17, 15) is 25.2 Å². The number of nitrogens with one attached hydrogen (secondary N) is 2. The van der Waals surface area contributed by atoms with E-state index >= 15 is 0 Å². The molecule has 29 heavy (non-hydrogen) atoms. The lowest BCUT2D eigenvalue weighted by molar-refractivity contribution is -0.277. The topological polar surface area (TPSA) is 153 Å². The van der Waals surface area contributed by atoms with E-state index in [1.807, 2.05) is 0 Å². The molecule has 10 nitrogen and oxygen atoms in total. The first-order chi connectivity index (χ1) is 13.9. The third kappa shape index (κ3) is 5.32. The van der Waals surface area contributed by atoms with Gasteiger partial charge < -0.3 is 40.5 Å². The third-order valence-electron chi connectivity index (χ3n) is 4.20. The molecule has 0 aliphatic carbocycles. The van der Waals surface area contributed by atoms with E-state index in [0.717, 1.165) is 0 Å². The number of carbonyl (C=O) groups is 1. The predicted octanol–water partition coefficient (Wildman–Crippen LogP) is 0.558. The summed E-state index contributed by atoms with van der Waals surface area (Å²) >= 11 is 5.76. The summed E-state index contributed by atoms with van der Waals surface area (Å²) in [5, 5.41) is 44.2. The normalized spacial score (nSPS) is 26.6. The quantitative estimate of drug-likeness (QED) is 0.380. The molecule has 1 aliphatic heterocycles. The molecule has 3 rings (SSSR count). The van der Waals surface area contributed by atoms with Gasteiger partial charge in [0, 0.05) is 17.6 Å². The maximum absolute atomic E-state index is 12.0. The van der Waals surface area contributed by atoms with Gasteiger partial charge in [0.15, 0.2) is 0 Å². The van der Waals surface area contributed by atoms with Crippen molar-refractivity contribution in [1.29, 1.82) is 0 Å². The van der Waals surface area contributed by atoms with Gasteiger partial charge in [-0.15, -0.1) is 0 Å². The van der Waals surface area contributed by atoms with Gasteiger partial charge in [-0.2, -0.15) is 0 Å². The minimum atomic E-state index is -1.53. The lowest BCUT2D eigenvalue weighted by Crippen LogP contribution is -2.60. The minimum absolute atomic E-state index is 0.248. The first-order valence-corrected chi connectivity index (χ1v) is 9.02. The number of hydrogen-bond acceptors (Lipinski definition) is 8. The number of aliphatic hydroxyl groups is 4. The van der Waals surface area contributed by atoms with Crippen molar-refractivity contribution in [3.05, 3.63) is 47.7 Å². The lowest BCUT2D eigenvalue weighted by atomic mass is 9.99. The number of amides is 2. The van der Waals surface area contributed by atoms with Crippen LogP contribution >= 0.6 is 11.6 Å². The van der Waals surface area contributed by atoms with Crippen LogP contribution in [0.3, 0.4) is 0 Å². The van der Waals surface area contributed by atoms with E-state index in [4.69, 9.17) is 21.1 Å². The molecule has 0 radical (unpaired) electrons. The van der Waals surface area contributed by atoms with Gasteiger partial charge in [0.05, 0.1) is 6.61 Å². The Labute approximate surface area is 170 Å². The Balaban J connectivity index is 1.58. The van der Waals surface area contributed by atoms with Crippen molar-refractivity contribution >= 4 is 29.0 Å². The van der Waals surface area contributed by atoms with Crippen molar-refractivity contribution in [1.82, 2.24) is 4.98 Å². The Morgan fingerprint density at radius 3 is 2.41 bits per heavy atom. The Kier molecular flexibility index (Phi) is 6.85. The van der Waals surface area contributed by atoms with Gasteiger partial charge in [-0.25, -0.2) is 9.78 Å². The average Bonchev–Trinajstić information content (AvgIpc) is 2.69. The zero-order valence-corrected chi connectivity index (χ0v) is 15.7. The maximum atomic E-state index is 12.0. The van der Waals surface area contributed by atoms with Gasteiger partial charge in [0.1, 0.15) is 35.3 Å². The number of rotatable bonds is 5. The third-order valence-corrected chi connectivity index (χ3v) is 4.40. The Hall–Kier alpha value is -2.47. The molecule has 1 aromatic carbocycles. The largest absolute Gasteiger partial charge is 0.462 e. The summed E-state index contributed by atoms with van der Waals surface area (Å²) in [5.41, 5.74) is 0.939. The molecule has 5 atom stereocenters. The zero-order valence-electron chi connectivity index (χ0n) is 15.0. The second kappa shape index (κ2) is 9.35. The molecule has 1 saturated heterocycles. The summed E-state index contributed by atoms with van der Waals surface area (Å²) in [6.45, 7) is -0.550. The molecule has 0 saturated carbocycles. The summed E-state index contributed by atoms with van der Waals surface area (Å²) in [6.07, 6.45) is -5.40. The van der Waals surface area contributed by atoms with Crippen molar-refractivity contribution in [2.24, 2.45) is 0 Å². The van der Waals surface area contributed by atoms with E-state index in [0.29, 0.717) is 11.4 Å². The van der Waals surface area contributed by atoms with Gasteiger partial charge in [0.25, 0.3) is 0 Å². The molecule has 11 heteroatoms. The fraction of sp³-hybridized carbons (Fsp3) is 0.333. The fourth-order valence-corrected chi connectivity index (χ4v) is 2.86. The highest BCUT2D eigenvalue weighted by Gasteiger charge is 2.44. The smallest absolute Gasteiger partial charge is 0.323 e. The van der Waals surface area contributed by atoms with Gasteiger partial charge in [-0.3, -0.25) is 0 Å². The van der Waals surface area contributed by atoms with Crippen molar-refractivity contribution < 1.29 is 34.7 Å². The van der Waals surface area contributed by atoms with Crippen molar-refractivity contribution in [3.63, 3.8) is 0 Å². The summed E-state index contributed by atoms with van der Waals surface area (Å²) in [7, 11) is 0. The van der Waals surface area contributed by atoms with E-state index in [1.165, 1.54) is 24.4 Å². The molecular formula is C18H20ClN3O7. The number of aromatic nitrogens is 1. The molecule has 156 valence electrons. The van der Waals surface area contributed by atoms with Crippen molar-refractivity contribution in [2.45, 2.75) is 30.7 Å². The van der Waals surface area contributed by atoms with Gasteiger partial charge in [-0.05, 0) is 36.4 Å². The highest BCUT2D eigenvalue weighted by molar-refractivity contribution is 6.29. The number of benzene rings is 1. The van der Waals surface area contributed by atoms with E-state index < -0.39 is 43.3 Å². The number of ether oxygens (including phenoxy) is 2. The van der Waals surface area contributed by atoms with Crippen LogP contribution in [0.15, 0.2) is 42.6 Å². The number of anilines is 2. The highest BCUT2D eigenvalue weighted by Crippen LogP contribution is 2.25. The van der Waals surface area contributed by atoms with Crippen molar-refractivity contribution in [2.75, 3.05) is 17.2 Å². The average molecular weight is 426 g/mol. The van der Waals surface area contributed by atoms with Crippen LogP contribution in [0.4, 0.5) is 16.2 Å². The second-order valence-corrected chi connectivity index (χ2v) is 6.67.